The molecule has 1 radical (unpaired) electrons. The van der Waals surface area contributed by atoms with E-state index >= 15 is 0 Å². The van der Waals surface area contributed by atoms with Gasteiger partial charge in [0.1, 0.15) is 6.67 Å². The van der Waals surface area contributed by atoms with Crippen LogP contribution in [0.4, 0.5) is 4.39 Å². The minimum atomic E-state index is 0.583. The minimum absolute atomic E-state index is 0.583. The van der Waals surface area contributed by atoms with E-state index in [4.69, 9.17) is 0 Å². The Morgan fingerprint density at radius 3 is 2.44 bits per heavy atom. The lowest BCUT2D eigenvalue weighted by atomic mass is 9.98. The third kappa shape index (κ3) is 4.43. The highest BCUT2D eigenvalue weighted by Gasteiger charge is 2.03. The zero-order chi connectivity index (χ0) is 7.11. The van der Waals surface area contributed by atoms with Crippen LogP contribution in [0, 0.1) is 12.6 Å². The monoisotopic (exact) mass is 131 g/mol. The Morgan fingerprint density at radius 1 is 1.44 bits per heavy atom. The van der Waals surface area contributed by atoms with E-state index < -0.39 is 0 Å². The predicted molar refractivity (Wildman–Crippen MR) is 38.7 cm³/mol. The lowest BCUT2D eigenvalue weighted by molar-refractivity contribution is 0.411. The van der Waals surface area contributed by atoms with Gasteiger partial charge in [-0.1, -0.05) is 33.1 Å². The van der Waals surface area contributed by atoms with Crippen molar-refractivity contribution in [3.8, 4) is 0 Å². The maximum atomic E-state index is 11.6. The molecule has 0 aliphatic rings. The van der Waals surface area contributed by atoms with Crippen molar-refractivity contribution >= 4 is 0 Å². The van der Waals surface area contributed by atoms with Crippen LogP contribution in [0.15, 0.2) is 0 Å². The molecule has 9 heavy (non-hydrogen) atoms. The lowest BCUT2D eigenvalue weighted by Crippen LogP contribution is -1.96. The normalized spacial score (nSPS) is 13.7. The molecule has 0 heterocycles. The van der Waals surface area contributed by atoms with Crippen molar-refractivity contribution in [1.29, 1.82) is 0 Å². The molecule has 0 aliphatic heterocycles. The summed E-state index contributed by atoms with van der Waals surface area (Å²) in [5, 5.41) is 0. The predicted octanol–water partition coefficient (Wildman–Crippen LogP) is 3.33. The van der Waals surface area contributed by atoms with Crippen molar-refractivity contribution in [3.05, 3.63) is 6.67 Å². The molecule has 0 rings (SSSR count). The van der Waals surface area contributed by atoms with Crippen LogP contribution in [0.2, 0.25) is 0 Å². The Hall–Kier alpha value is -0.0700. The van der Waals surface area contributed by atoms with Crippen molar-refractivity contribution in [1.82, 2.24) is 0 Å². The summed E-state index contributed by atoms with van der Waals surface area (Å²) in [5.41, 5.74) is 0. The molecule has 0 aromatic carbocycles. The van der Waals surface area contributed by atoms with Gasteiger partial charge in [-0.05, 0) is 12.3 Å². The Balaban J connectivity index is 3.18. The van der Waals surface area contributed by atoms with E-state index in [0.29, 0.717) is 12.3 Å². The van der Waals surface area contributed by atoms with E-state index in [1.165, 1.54) is 6.42 Å². The van der Waals surface area contributed by atoms with E-state index in [-0.39, 0.29) is 0 Å². The van der Waals surface area contributed by atoms with E-state index in [1.54, 1.807) is 0 Å². The van der Waals surface area contributed by atoms with E-state index in [2.05, 4.69) is 13.8 Å². The molecular formula is C8H16F. The van der Waals surface area contributed by atoms with Gasteiger partial charge < -0.3 is 0 Å². The minimum Gasteiger partial charge on any atom is -0.244 e. The topological polar surface area (TPSA) is 0 Å². The zero-order valence-corrected chi connectivity index (χ0v) is 6.36. The van der Waals surface area contributed by atoms with Gasteiger partial charge in [-0.25, -0.2) is 4.39 Å². The Kier molecular flexibility index (Phi) is 6.01. The average Bonchev–Trinajstić information content (AvgIpc) is 1.88. The summed E-state index contributed by atoms with van der Waals surface area (Å²) in [6.45, 7) is 5.04. The Bertz CT molecular complexity index is 46.5. The number of hydrogen-bond donors (Lipinski definition) is 0. The Labute approximate surface area is 57.5 Å². The molecule has 55 valence electrons. The maximum absolute atomic E-state index is 11.6. The second-order valence-electron chi connectivity index (χ2n) is 2.45. The summed E-state index contributed by atoms with van der Waals surface area (Å²) >= 11 is 0. The first-order valence-corrected chi connectivity index (χ1v) is 3.77. The lowest BCUT2D eigenvalue weighted by Gasteiger charge is -2.09. The van der Waals surface area contributed by atoms with Crippen LogP contribution in [0.3, 0.4) is 0 Å². The van der Waals surface area contributed by atoms with Crippen molar-refractivity contribution in [2.24, 2.45) is 5.92 Å². The first-order chi connectivity index (χ1) is 4.35. The van der Waals surface area contributed by atoms with Crippen LogP contribution in [-0.2, 0) is 0 Å². The van der Waals surface area contributed by atoms with Gasteiger partial charge in [0, 0.05) is 0 Å². The van der Waals surface area contributed by atoms with Gasteiger partial charge in [-0.3, -0.25) is 0 Å². The summed E-state index contributed by atoms with van der Waals surface area (Å²) in [6, 6.07) is 0. The van der Waals surface area contributed by atoms with Crippen LogP contribution in [0.5, 0.6) is 0 Å². The third-order valence-electron chi connectivity index (χ3n) is 1.70. The average molecular weight is 131 g/mol. The van der Waals surface area contributed by atoms with Gasteiger partial charge in [0.25, 0.3) is 0 Å². The summed E-state index contributed by atoms with van der Waals surface area (Å²) in [4.78, 5) is 0. The highest BCUT2D eigenvalue weighted by molar-refractivity contribution is 4.60. The molecular weight excluding hydrogens is 115 g/mol. The molecule has 1 atom stereocenters. The molecule has 0 saturated carbocycles. The molecule has 1 unspecified atom stereocenters. The quantitative estimate of drug-likeness (QED) is 0.537. The van der Waals surface area contributed by atoms with Gasteiger partial charge in [-0.15, -0.1) is 0 Å². The maximum Gasteiger partial charge on any atom is 0.131 e. The zero-order valence-electron chi connectivity index (χ0n) is 6.36. The molecule has 0 nitrogen and oxygen atoms in total. The van der Waals surface area contributed by atoms with Gasteiger partial charge >= 0.3 is 0 Å². The number of hydrogen-bond acceptors (Lipinski definition) is 0. The van der Waals surface area contributed by atoms with Crippen LogP contribution in [0.25, 0.3) is 0 Å². The van der Waals surface area contributed by atoms with Crippen LogP contribution in [0.1, 0.15) is 39.5 Å². The van der Waals surface area contributed by atoms with Crippen LogP contribution < -0.4 is 0 Å². The van der Waals surface area contributed by atoms with E-state index in [9.17, 15) is 4.39 Å². The first-order valence-electron chi connectivity index (χ1n) is 3.77. The highest BCUT2D eigenvalue weighted by Crippen LogP contribution is 2.16. The fourth-order valence-corrected chi connectivity index (χ4v) is 1.02. The summed E-state index contributed by atoms with van der Waals surface area (Å²) in [6.07, 6.45) is 4.09. The van der Waals surface area contributed by atoms with Crippen LogP contribution >= 0.6 is 0 Å². The highest BCUT2D eigenvalue weighted by atomic mass is 19.1. The smallest absolute Gasteiger partial charge is 0.131 e. The van der Waals surface area contributed by atoms with Crippen molar-refractivity contribution in [2.45, 2.75) is 39.5 Å². The van der Waals surface area contributed by atoms with Gasteiger partial charge in [0.15, 0.2) is 0 Å². The van der Waals surface area contributed by atoms with Gasteiger partial charge in [-0.2, -0.15) is 0 Å². The van der Waals surface area contributed by atoms with Crippen molar-refractivity contribution in [3.63, 3.8) is 0 Å². The Morgan fingerprint density at radius 2 is 2.11 bits per heavy atom. The third-order valence-corrected chi connectivity index (χ3v) is 1.70. The van der Waals surface area contributed by atoms with E-state index in [0.717, 1.165) is 19.5 Å². The molecule has 0 spiro atoms. The summed E-state index contributed by atoms with van der Waals surface area (Å²) in [7, 11) is 0. The second-order valence-corrected chi connectivity index (χ2v) is 2.45. The largest absolute Gasteiger partial charge is 0.244 e. The number of halogens is 1. The molecule has 0 saturated heterocycles. The number of rotatable bonds is 5. The summed E-state index contributed by atoms with van der Waals surface area (Å²) < 4.78 is 11.6. The molecule has 0 aliphatic carbocycles. The van der Waals surface area contributed by atoms with Gasteiger partial charge in [0.05, 0.1) is 0 Å². The fraction of sp³-hybridized carbons (Fsp3) is 0.875. The van der Waals surface area contributed by atoms with Gasteiger partial charge in [0.2, 0.25) is 0 Å². The van der Waals surface area contributed by atoms with Crippen LogP contribution in [-0.4, -0.2) is 0 Å². The summed E-state index contributed by atoms with van der Waals surface area (Å²) in [5.74, 6) is 0.583. The fourth-order valence-electron chi connectivity index (χ4n) is 1.02. The molecule has 0 bridgehead atoms. The van der Waals surface area contributed by atoms with Crippen molar-refractivity contribution in [2.75, 3.05) is 0 Å². The molecule has 0 aromatic rings. The van der Waals surface area contributed by atoms with E-state index in [1.807, 2.05) is 0 Å². The molecule has 0 amide bonds. The molecule has 0 aromatic heterocycles. The standard InChI is InChI=1S/C8H16F/c1-3-5-8(4-2)6-7-9/h7-8H,3-6H2,1-2H3. The first kappa shape index (κ1) is 8.93. The molecule has 1 heteroatoms. The molecule has 0 N–H and O–H groups in total. The second kappa shape index (κ2) is 6.06. The van der Waals surface area contributed by atoms with Crippen molar-refractivity contribution < 1.29 is 4.39 Å². The SMILES string of the molecule is CCCC(CC)C[CH]F. The molecule has 0 fully saturated rings.